The van der Waals surface area contributed by atoms with Crippen LogP contribution in [0.3, 0.4) is 0 Å². The van der Waals surface area contributed by atoms with Gasteiger partial charge in [0.2, 0.25) is 0 Å². The van der Waals surface area contributed by atoms with Crippen molar-refractivity contribution in [1.29, 1.82) is 0 Å². The first-order valence-electron chi connectivity index (χ1n) is 11.5. The van der Waals surface area contributed by atoms with Gasteiger partial charge in [0.05, 0.1) is 25.4 Å². The molecule has 0 aliphatic carbocycles. The number of aliphatic hydroxyl groups excluding tert-OH is 1. The molecule has 0 fully saturated rings. The van der Waals surface area contributed by atoms with Crippen LogP contribution in [0.1, 0.15) is 89.5 Å². The number of benzene rings is 1. The molecule has 0 unspecified atom stereocenters. The predicted octanol–water partition coefficient (Wildman–Crippen LogP) is 6.15. The fourth-order valence-electron chi connectivity index (χ4n) is 3.29. The first kappa shape index (κ1) is 24.9. The molecule has 2 atom stereocenters. The molecule has 0 heterocycles. The highest BCUT2D eigenvalue weighted by Gasteiger charge is 2.11. The second-order valence-electron chi connectivity index (χ2n) is 7.91. The Morgan fingerprint density at radius 1 is 0.893 bits per heavy atom. The van der Waals surface area contributed by atoms with Crippen LogP contribution >= 0.6 is 0 Å². The molecule has 3 nitrogen and oxygen atoms in total. The van der Waals surface area contributed by atoms with E-state index in [2.05, 4.69) is 13.0 Å². The fraction of sp³-hybridized carbons (Fsp3) is 0.680. The third-order valence-corrected chi connectivity index (χ3v) is 5.17. The summed E-state index contributed by atoms with van der Waals surface area (Å²) in [5.41, 5.74) is 7.12. The van der Waals surface area contributed by atoms with E-state index in [9.17, 15) is 5.11 Å². The molecule has 1 aromatic carbocycles. The van der Waals surface area contributed by atoms with Crippen molar-refractivity contribution in [2.45, 2.75) is 103 Å². The van der Waals surface area contributed by atoms with E-state index in [-0.39, 0.29) is 6.04 Å². The summed E-state index contributed by atoms with van der Waals surface area (Å²) in [7, 11) is 0. The third-order valence-electron chi connectivity index (χ3n) is 5.17. The molecule has 0 aliphatic rings. The number of rotatable bonds is 18. The van der Waals surface area contributed by atoms with Crippen molar-refractivity contribution in [3.63, 3.8) is 0 Å². The highest BCUT2D eigenvalue weighted by atomic mass is 16.5. The Balaban J connectivity index is 1.92. The summed E-state index contributed by atoms with van der Waals surface area (Å²) < 4.78 is 5.60. The highest BCUT2D eigenvalue weighted by molar-refractivity contribution is 5.13. The van der Waals surface area contributed by atoms with E-state index in [1.165, 1.54) is 70.6 Å². The molecule has 3 heteroatoms. The summed E-state index contributed by atoms with van der Waals surface area (Å²) in [6.45, 7) is 3.16. The van der Waals surface area contributed by atoms with Crippen molar-refractivity contribution in [2.75, 3.05) is 6.61 Å². The number of hydrogen-bond donors (Lipinski definition) is 2. The molecule has 1 aromatic rings. The van der Waals surface area contributed by atoms with E-state index in [0.717, 1.165) is 12.0 Å². The van der Waals surface area contributed by atoms with Gasteiger partial charge in [-0.3, -0.25) is 0 Å². The van der Waals surface area contributed by atoms with Gasteiger partial charge in [0, 0.05) is 0 Å². The van der Waals surface area contributed by atoms with Crippen molar-refractivity contribution in [1.82, 2.24) is 0 Å². The van der Waals surface area contributed by atoms with Gasteiger partial charge in [0.15, 0.2) is 0 Å². The van der Waals surface area contributed by atoms with E-state index in [4.69, 9.17) is 10.5 Å². The van der Waals surface area contributed by atoms with Gasteiger partial charge in [-0.25, -0.2) is 0 Å². The topological polar surface area (TPSA) is 55.5 Å². The molecular formula is C25H43NO2. The van der Waals surface area contributed by atoms with E-state index in [0.29, 0.717) is 13.2 Å². The van der Waals surface area contributed by atoms with Crippen LogP contribution in [0.4, 0.5) is 0 Å². The van der Waals surface area contributed by atoms with Crippen molar-refractivity contribution in [2.24, 2.45) is 5.73 Å². The van der Waals surface area contributed by atoms with Gasteiger partial charge < -0.3 is 15.6 Å². The minimum absolute atomic E-state index is 0.360. The van der Waals surface area contributed by atoms with Gasteiger partial charge in [-0.05, 0) is 18.4 Å². The maximum Gasteiger partial charge on any atom is 0.0894 e. The summed E-state index contributed by atoms with van der Waals surface area (Å²) in [5.74, 6) is 0. The first-order chi connectivity index (χ1) is 13.7. The summed E-state index contributed by atoms with van der Waals surface area (Å²) in [5, 5.41) is 10.1. The lowest BCUT2D eigenvalue weighted by Gasteiger charge is -2.16. The predicted molar refractivity (Wildman–Crippen MR) is 120 cm³/mol. The second kappa shape index (κ2) is 17.9. The first-order valence-corrected chi connectivity index (χ1v) is 11.5. The van der Waals surface area contributed by atoms with Gasteiger partial charge >= 0.3 is 0 Å². The molecule has 0 saturated carbocycles. The van der Waals surface area contributed by atoms with Crippen molar-refractivity contribution >= 4 is 0 Å². The molecule has 0 radical (unpaired) electrons. The largest absolute Gasteiger partial charge is 0.387 e. The Kier molecular flexibility index (Phi) is 15.9. The van der Waals surface area contributed by atoms with Crippen LogP contribution in [-0.4, -0.2) is 23.9 Å². The Hall–Kier alpha value is -1.16. The van der Waals surface area contributed by atoms with Crippen LogP contribution in [0.5, 0.6) is 0 Å². The fourth-order valence-corrected chi connectivity index (χ4v) is 3.29. The Bertz CT molecular complexity index is 475. The summed E-state index contributed by atoms with van der Waals surface area (Å²) in [4.78, 5) is 0. The zero-order valence-corrected chi connectivity index (χ0v) is 18.0. The minimum atomic E-state index is -0.636. The SMILES string of the molecule is CCCCCCCCCCCCC/C=C/[C@@H](O)[C@H](N)COCc1ccccc1. The van der Waals surface area contributed by atoms with Crippen LogP contribution in [0.15, 0.2) is 42.5 Å². The van der Waals surface area contributed by atoms with Crippen LogP contribution in [0, 0.1) is 0 Å². The van der Waals surface area contributed by atoms with Gasteiger partial charge in [-0.1, -0.05) is 114 Å². The monoisotopic (exact) mass is 389 g/mol. The molecule has 0 aliphatic heterocycles. The highest BCUT2D eigenvalue weighted by Crippen LogP contribution is 2.12. The molecule has 3 N–H and O–H groups in total. The molecular weight excluding hydrogens is 346 g/mol. The van der Waals surface area contributed by atoms with Crippen LogP contribution in [-0.2, 0) is 11.3 Å². The van der Waals surface area contributed by atoms with Crippen LogP contribution < -0.4 is 5.73 Å². The lowest BCUT2D eigenvalue weighted by molar-refractivity contribution is 0.0713. The lowest BCUT2D eigenvalue weighted by atomic mass is 10.0. The van der Waals surface area contributed by atoms with E-state index in [1.807, 2.05) is 36.4 Å². The number of unbranched alkanes of at least 4 members (excludes halogenated alkanes) is 11. The third kappa shape index (κ3) is 13.9. The lowest BCUT2D eigenvalue weighted by Crippen LogP contribution is -2.37. The number of hydrogen-bond acceptors (Lipinski definition) is 3. The zero-order valence-electron chi connectivity index (χ0n) is 18.0. The van der Waals surface area contributed by atoms with Crippen LogP contribution in [0.2, 0.25) is 0 Å². The van der Waals surface area contributed by atoms with Crippen LogP contribution in [0.25, 0.3) is 0 Å². The average Bonchev–Trinajstić information content (AvgIpc) is 2.72. The normalized spacial score (nSPS) is 13.8. The van der Waals surface area contributed by atoms with Crippen molar-refractivity contribution < 1.29 is 9.84 Å². The number of allylic oxidation sites excluding steroid dienone is 1. The van der Waals surface area contributed by atoms with E-state index < -0.39 is 6.10 Å². The van der Waals surface area contributed by atoms with Crippen molar-refractivity contribution in [3.05, 3.63) is 48.0 Å². The quantitative estimate of drug-likeness (QED) is 0.234. The Morgan fingerprint density at radius 3 is 2.07 bits per heavy atom. The minimum Gasteiger partial charge on any atom is -0.387 e. The standard InChI is InChI=1S/C25H43NO2/c1-2-3-4-5-6-7-8-9-10-11-12-13-17-20-25(27)24(26)22-28-21-23-18-15-14-16-19-23/h14-20,24-25,27H,2-13,21-22,26H2,1H3/b20-17+/t24-,25-/m1/s1. The molecule has 0 bridgehead atoms. The number of nitrogens with two attached hydrogens (primary N) is 1. The maximum absolute atomic E-state index is 10.1. The molecule has 160 valence electrons. The molecule has 0 aromatic heterocycles. The van der Waals surface area contributed by atoms with Gasteiger partial charge in [-0.2, -0.15) is 0 Å². The van der Waals surface area contributed by atoms with Gasteiger partial charge in [0.1, 0.15) is 0 Å². The Morgan fingerprint density at radius 2 is 1.46 bits per heavy atom. The van der Waals surface area contributed by atoms with Gasteiger partial charge in [0.25, 0.3) is 0 Å². The summed E-state index contributed by atoms with van der Waals surface area (Å²) >= 11 is 0. The van der Waals surface area contributed by atoms with E-state index >= 15 is 0 Å². The molecule has 0 amide bonds. The molecule has 0 saturated heterocycles. The maximum atomic E-state index is 10.1. The number of ether oxygens (including phenoxy) is 1. The summed E-state index contributed by atoms with van der Waals surface area (Å²) in [6.07, 6.45) is 19.2. The molecule has 28 heavy (non-hydrogen) atoms. The number of aliphatic hydroxyl groups is 1. The summed E-state index contributed by atoms with van der Waals surface area (Å²) in [6, 6.07) is 9.64. The smallest absolute Gasteiger partial charge is 0.0894 e. The zero-order chi connectivity index (χ0) is 20.3. The average molecular weight is 390 g/mol. The Labute approximate surface area is 173 Å². The van der Waals surface area contributed by atoms with E-state index in [1.54, 1.807) is 0 Å². The molecule has 1 rings (SSSR count). The van der Waals surface area contributed by atoms with Gasteiger partial charge in [-0.15, -0.1) is 0 Å². The second-order valence-corrected chi connectivity index (χ2v) is 7.91. The molecule has 0 spiro atoms. The van der Waals surface area contributed by atoms with Crippen molar-refractivity contribution in [3.8, 4) is 0 Å².